The molecule has 12 rings (SSSR count). The number of rotatable bonds is 4. The van der Waals surface area contributed by atoms with Gasteiger partial charge in [0.1, 0.15) is 0 Å². The fraction of sp³-hybridized carbons (Fsp3) is 0.0196. The van der Waals surface area contributed by atoms with Crippen LogP contribution in [-0.2, 0) is 5.41 Å². The number of hydrogen-bond donors (Lipinski definition) is 0. The molecule has 9 aromatic rings. The third-order valence-electron chi connectivity index (χ3n) is 12.0. The minimum atomic E-state index is -0.277. The molecule has 1 nitrogen and oxygen atoms in total. The van der Waals surface area contributed by atoms with Crippen LogP contribution in [0.15, 0.2) is 188 Å². The number of nitrogens with zero attached hydrogens (tertiary/aromatic N) is 1. The average Bonchev–Trinajstić information content (AvgIpc) is 3.81. The van der Waals surface area contributed by atoms with Gasteiger partial charge in [0, 0.05) is 16.8 Å². The lowest BCUT2D eigenvalue weighted by atomic mass is 9.73. The van der Waals surface area contributed by atoms with Crippen LogP contribution in [0.2, 0.25) is 0 Å². The summed E-state index contributed by atoms with van der Waals surface area (Å²) in [7, 11) is 0. The maximum absolute atomic E-state index is 2.49. The predicted molar refractivity (Wildman–Crippen MR) is 217 cm³/mol. The van der Waals surface area contributed by atoms with Crippen molar-refractivity contribution in [3.63, 3.8) is 0 Å². The summed E-state index contributed by atoms with van der Waals surface area (Å²) < 4.78 is 0. The molecule has 0 fully saturated rings. The van der Waals surface area contributed by atoms with E-state index < -0.39 is 0 Å². The molecule has 3 aliphatic rings. The lowest BCUT2D eigenvalue weighted by Crippen LogP contribution is -2.23. The van der Waals surface area contributed by atoms with Gasteiger partial charge >= 0.3 is 0 Å². The zero-order valence-corrected chi connectivity index (χ0v) is 28.3. The van der Waals surface area contributed by atoms with E-state index in [-0.39, 0.29) is 5.41 Å². The van der Waals surface area contributed by atoms with Crippen LogP contribution in [-0.4, -0.2) is 0 Å². The molecule has 1 unspecified atom stereocenters. The fourth-order valence-corrected chi connectivity index (χ4v) is 9.96. The van der Waals surface area contributed by atoms with Crippen LogP contribution in [0.1, 0.15) is 22.3 Å². The van der Waals surface area contributed by atoms with Crippen LogP contribution in [0, 0.1) is 0 Å². The largest absolute Gasteiger partial charge is 0.310 e. The van der Waals surface area contributed by atoms with E-state index in [0.29, 0.717) is 0 Å². The van der Waals surface area contributed by atoms with E-state index in [1.165, 1.54) is 94.0 Å². The first kappa shape index (κ1) is 28.0. The van der Waals surface area contributed by atoms with Gasteiger partial charge in [0.05, 0.1) is 11.1 Å². The van der Waals surface area contributed by atoms with Gasteiger partial charge in [0.2, 0.25) is 0 Å². The first-order chi connectivity index (χ1) is 25.8. The van der Waals surface area contributed by atoms with Crippen molar-refractivity contribution in [2.45, 2.75) is 5.41 Å². The zero-order chi connectivity index (χ0) is 34.0. The van der Waals surface area contributed by atoms with E-state index >= 15 is 0 Å². The zero-order valence-electron chi connectivity index (χ0n) is 28.3. The minimum absolute atomic E-state index is 0.277. The second kappa shape index (κ2) is 10.2. The van der Waals surface area contributed by atoms with Crippen molar-refractivity contribution in [1.29, 1.82) is 0 Å². The van der Waals surface area contributed by atoms with Crippen molar-refractivity contribution in [2.75, 3.05) is 4.90 Å². The molecule has 0 aromatic heterocycles. The third-order valence-corrected chi connectivity index (χ3v) is 12.0. The van der Waals surface area contributed by atoms with Gasteiger partial charge < -0.3 is 4.90 Å². The Bertz CT molecular complexity index is 2920. The summed E-state index contributed by atoms with van der Waals surface area (Å²) in [6, 6.07) is 69.9. The van der Waals surface area contributed by atoms with Gasteiger partial charge in [-0.05, 0) is 119 Å². The quantitative estimate of drug-likeness (QED) is 0.170. The van der Waals surface area contributed by atoms with Crippen LogP contribution in [0.25, 0.3) is 66.1 Å². The number of hydrogen-bond acceptors (Lipinski definition) is 1. The molecule has 1 heteroatoms. The molecule has 0 heterocycles. The van der Waals surface area contributed by atoms with Gasteiger partial charge in [0.25, 0.3) is 0 Å². The summed E-state index contributed by atoms with van der Waals surface area (Å²) in [4.78, 5) is 2.41. The van der Waals surface area contributed by atoms with Crippen LogP contribution < -0.4 is 4.90 Å². The van der Waals surface area contributed by atoms with E-state index in [2.05, 4.69) is 193 Å². The Balaban J connectivity index is 1.03. The van der Waals surface area contributed by atoms with Crippen molar-refractivity contribution in [3.8, 4) is 44.5 Å². The number of benzene rings is 9. The summed E-state index contributed by atoms with van der Waals surface area (Å²) >= 11 is 0. The smallest absolute Gasteiger partial charge is 0.0737 e. The van der Waals surface area contributed by atoms with E-state index in [4.69, 9.17) is 0 Å². The van der Waals surface area contributed by atoms with E-state index in [0.717, 1.165) is 11.4 Å². The molecule has 1 atom stereocenters. The van der Waals surface area contributed by atoms with Crippen LogP contribution >= 0.6 is 0 Å². The third kappa shape index (κ3) is 3.48. The van der Waals surface area contributed by atoms with Gasteiger partial charge in [-0.1, -0.05) is 152 Å². The molecule has 9 aromatic carbocycles. The standard InChI is InChI=1S/C51H31N/c1-2-13-35(14-3-1)52(48-31-34-12-4-5-15-37(34)38-16-6-7-18-41(38)48)36-27-24-32(25-28-36)33-26-29-40-43-20-11-22-45-44-21-10-19-42-39-17-8-9-23-46(39)51(49(42)44,50(43)45)47(40)30-33/h1-31H. The second-order valence-corrected chi connectivity index (χ2v) is 14.4. The Hall–Kier alpha value is -6.70. The van der Waals surface area contributed by atoms with Gasteiger partial charge in [-0.2, -0.15) is 0 Å². The van der Waals surface area contributed by atoms with Gasteiger partial charge in [0.15, 0.2) is 0 Å². The van der Waals surface area contributed by atoms with Crippen LogP contribution in [0.4, 0.5) is 17.1 Å². The number of para-hydroxylation sites is 1. The van der Waals surface area contributed by atoms with Gasteiger partial charge in [-0.25, -0.2) is 0 Å². The van der Waals surface area contributed by atoms with Crippen molar-refractivity contribution in [3.05, 3.63) is 210 Å². The molecule has 240 valence electrons. The second-order valence-electron chi connectivity index (χ2n) is 14.4. The molecule has 1 spiro atoms. The summed E-state index contributed by atoms with van der Waals surface area (Å²) in [5.74, 6) is 0. The molecule has 0 N–H and O–H groups in total. The van der Waals surface area contributed by atoms with Crippen molar-refractivity contribution < 1.29 is 0 Å². The molecule has 0 saturated heterocycles. The van der Waals surface area contributed by atoms with E-state index in [9.17, 15) is 0 Å². The Kier molecular flexibility index (Phi) is 5.49. The maximum atomic E-state index is 2.49. The van der Waals surface area contributed by atoms with Crippen molar-refractivity contribution >= 4 is 38.6 Å². The minimum Gasteiger partial charge on any atom is -0.310 e. The Morgan fingerprint density at radius 1 is 0.327 bits per heavy atom. The summed E-state index contributed by atoms with van der Waals surface area (Å²) in [5, 5.41) is 5.01. The van der Waals surface area contributed by atoms with Gasteiger partial charge in [-0.3, -0.25) is 0 Å². The van der Waals surface area contributed by atoms with Crippen LogP contribution in [0.5, 0.6) is 0 Å². The summed E-state index contributed by atoms with van der Waals surface area (Å²) in [6.07, 6.45) is 0. The Morgan fingerprint density at radius 2 is 0.865 bits per heavy atom. The fourth-order valence-electron chi connectivity index (χ4n) is 9.96. The highest BCUT2D eigenvalue weighted by atomic mass is 15.1. The lowest BCUT2D eigenvalue weighted by Gasteiger charge is -2.28. The molecule has 0 aliphatic heterocycles. The molecule has 0 radical (unpaired) electrons. The molecular weight excluding hydrogens is 627 g/mol. The van der Waals surface area contributed by atoms with Crippen LogP contribution in [0.3, 0.4) is 0 Å². The van der Waals surface area contributed by atoms with E-state index in [1.54, 1.807) is 0 Å². The summed E-state index contributed by atoms with van der Waals surface area (Å²) in [5.41, 5.74) is 19.6. The average molecular weight is 658 g/mol. The van der Waals surface area contributed by atoms with Crippen molar-refractivity contribution in [1.82, 2.24) is 0 Å². The first-order valence-corrected chi connectivity index (χ1v) is 18.2. The highest BCUT2D eigenvalue weighted by Gasteiger charge is 2.57. The SMILES string of the molecule is c1ccc(N(c2ccc(-c3ccc4c(c3)C35c6ccccc6-c6cccc(c63)-c3cccc-4c35)cc2)c2cc3ccccc3c3ccccc23)cc1. The highest BCUT2D eigenvalue weighted by Crippen LogP contribution is 2.70. The maximum Gasteiger partial charge on any atom is 0.0737 e. The highest BCUT2D eigenvalue weighted by molar-refractivity contribution is 6.14. The number of fused-ring (bicyclic) bond motifs is 8. The predicted octanol–water partition coefficient (Wildman–Crippen LogP) is 13.5. The lowest BCUT2D eigenvalue weighted by molar-refractivity contribution is 0.818. The first-order valence-electron chi connectivity index (χ1n) is 18.2. The Morgan fingerprint density at radius 3 is 1.62 bits per heavy atom. The monoisotopic (exact) mass is 657 g/mol. The molecule has 0 amide bonds. The molecular formula is C51H31N. The number of anilines is 3. The summed E-state index contributed by atoms with van der Waals surface area (Å²) in [6.45, 7) is 0. The molecule has 3 aliphatic carbocycles. The molecule has 0 saturated carbocycles. The Labute approximate surface area is 302 Å². The van der Waals surface area contributed by atoms with Crippen molar-refractivity contribution in [2.24, 2.45) is 0 Å². The van der Waals surface area contributed by atoms with E-state index in [1.807, 2.05) is 0 Å². The molecule has 0 bridgehead atoms. The molecule has 52 heavy (non-hydrogen) atoms. The normalized spacial score (nSPS) is 15.4. The van der Waals surface area contributed by atoms with Gasteiger partial charge in [-0.15, -0.1) is 0 Å². The topological polar surface area (TPSA) is 3.24 Å².